The van der Waals surface area contributed by atoms with E-state index in [0.29, 0.717) is 50.3 Å². The van der Waals surface area contributed by atoms with Gasteiger partial charge in [-0.05, 0) is 37.8 Å². The summed E-state index contributed by atoms with van der Waals surface area (Å²) in [5, 5.41) is 2.98. The molecule has 3 rings (SSSR count). The zero-order valence-corrected chi connectivity index (χ0v) is 17.2. The van der Waals surface area contributed by atoms with Crippen molar-refractivity contribution in [2.45, 2.75) is 50.0 Å². The molecule has 0 aliphatic carbocycles. The van der Waals surface area contributed by atoms with Gasteiger partial charge < -0.3 is 10.2 Å². The van der Waals surface area contributed by atoms with Crippen LogP contribution in [0.1, 0.15) is 39.0 Å². The van der Waals surface area contributed by atoms with Crippen LogP contribution >= 0.6 is 0 Å². The number of sulfonamides is 1. The number of carbonyl (C=O) groups excluding carboxylic acids is 2. The summed E-state index contributed by atoms with van der Waals surface area (Å²) in [5.41, 5.74) is 0. The number of hydrogen-bond acceptors (Lipinski definition) is 4. The van der Waals surface area contributed by atoms with Gasteiger partial charge in [0.25, 0.3) is 0 Å². The molecule has 8 heteroatoms. The van der Waals surface area contributed by atoms with Gasteiger partial charge in [-0.15, -0.1) is 0 Å². The SMILES string of the molecule is CCC(=O)NC1CCCN(C(=O)C2CCN(S(=O)(=O)c3ccccc3)CC2)C1. The number of amides is 2. The summed E-state index contributed by atoms with van der Waals surface area (Å²) in [6, 6.07) is 8.44. The van der Waals surface area contributed by atoms with E-state index < -0.39 is 10.0 Å². The molecular weight excluding hydrogens is 378 g/mol. The third-order valence-electron chi connectivity index (χ3n) is 5.60. The van der Waals surface area contributed by atoms with E-state index in [-0.39, 0.29) is 23.8 Å². The summed E-state index contributed by atoms with van der Waals surface area (Å²) in [4.78, 5) is 26.7. The van der Waals surface area contributed by atoms with Gasteiger partial charge in [-0.3, -0.25) is 9.59 Å². The molecule has 1 aromatic carbocycles. The number of carbonyl (C=O) groups is 2. The van der Waals surface area contributed by atoms with Crippen LogP contribution in [0.25, 0.3) is 0 Å². The minimum absolute atomic E-state index is 0.0127. The topological polar surface area (TPSA) is 86.8 Å². The molecule has 2 fully saturated rings. The van der Waals surface area contributed by atoms with Crippen molar-refractivity contribution in [3.8, 4) is 0 Å². The van der Waals surface area contributed by atoms with E-state index in [4.69, 9.17) is 0 Å². The molecule has 2 heterocycles. The fraction of sp³-hybridized carbons (Fsp3) is 0.600. The molecule has 1 unspecified atom stereocenters. The highest BCUT2D eigenvalue weighted by molar-refractivity contribution is 7.89. The molecular formula is C20H29N3O4S. The van der Waals surface area contributed by atoms with Gasteiger partial charge in [0.15, 0.2) is 0 Å². The lowest BCUT2D eigenvalue weighted by atomic mass is 9.95. The summed E-state index contributed by atoms with van der Waals surface area (Å²) in [7, 11) is -3.50. The van der Waals surface area contributed by atoms with Gasteiger partial charge in [-0.25, -0.2) is 8.42 Å². The lowest BCUT2D eigenvalue weighted by Crippen LogP contribution is -2.52. The molecule has 2 amide bonds. The van der Waals surface area contributed by atoms with Gasteiger partial charge in [0.1, 0.15) is 0 Å². The number of likely N-dealkylation sites (tertiary alicyclic amines) is 1. The molecule has 7 nitrogen and oxygen atoms in total. The molecule has 28 heavy (non-hydrogen) atoms. The van der Waals surface area contributed by atoms with Gasteiger partial charge in [-0.1, -0.05) is 25.1 Å². The lowest BCUT2D eigenvalue weighted by Gasteiger charge is -2.37. The monoisotopic (exact) mass is 407 g/mol. The van der Waals surface area contributed by atoms with Crippen molar-refractivity contribution in [1.82, 2.24) is 14.5 Å². The van der Waals surface area contributed by atoms with E-state index in [2.05, 4.69) is 5.32 Å². The Morgan fingerprint density at radius 1 is 1.07 bits per heavy atom. The fourth-order valence-electron chi connectivity index (χ4n) is 3.97. The van der Waals surface area contributed by atoms with Crippen LogP contribution in [0.2, 0.25) is 0 Å². The Balaban J connectivity index is 1.56. The molecule has 2 aliphatic rings. The predicted molar refractivity (Wildman–Crippen MR) is 106 cm³/mol. The smallest absolute Gasteiger partial charge is 0.243 e. The van der Waals surface area contributed by atoms with Gasteiger partial charge in [0.2, 0.25) is 21.8 Å². The Labute approximate surface area is 167 Å². The number of benzene rings is 1. The van der Waals surface area contributed by atoms with Crippen molar-refractivity contribution < 1.29 is 18.0 Å². The lowest BCUT2D eigenvalue weighted by molar-refractivity contribution is -0.138. The van der Waals surface area contributed by atoms with E-state index in [1.807, 2.05) is 11.8 Å². The van der Waals surface area contributed by atoms with Crippen LogP contribution in [-0.4, -0.2) is 61.7 Å². The zero-order chi connectivity index (χ0) is 20.1. The van der Waals surface area contributed by atoms with E-state index >= 15 is 0 Å². The van der Waals surface area contributed by atoms with Gasteiger partial charge in [-0.2, -0.15) is 4.31 Å². The molecule has 0 radical (unpaired) electrons. The highest BCUT2D eigenvalue weighted by atomic mass is 32.2. The molecule has 154 valence electrons. The summed E-state index contributed by atoms with van der Waals surface area (Å²) < 4.78 is 26.9. The summed E-state index contributed by atoms with van der Waals surface area (Å²) in [5.74, 6) is -0.0474. The third-order valence-corrected chi connectivity index (χ3v) is 7.52. The largest absolute Gasteiger partial charge is 0.352 e. The van der Waals surface area contributed by atoms with Crippen LogP contribution in [0.5, 0.6) is 0 Å². The molecule has 1 atom stereocenters. The zero-order valence-electron chi connectivity index (χ0n) is 16.3. The van der Waals surface area contributed by atoms with Crippen LogP contribution in [0.3, 0.4) is 0 Å². The minimum atomic E-state index is -3.50. The minimum Gasteiger partial charge on any atom is -0.352 e. The molecule has 0 saturated carbocycles. The average molecular weight is 408 g/mol. The second-order valence-corrected chi connectivity index (χ2v) is 9.47. The van der Waals surface area contributed by atoms with Gasteiger partial charge in [0.05, 0.1) is 4.90 Å². The van der Waals surface area contributed by atoms with Crippen LogP contribution in [0.4, 0.5) is 0 Å². The first-order valence-electron chi connectivity index (χ1n) is 10.0. The molecule has 1 N–H and O–H groups in total. The molecule has 2 saturated heterocycles. The average Bonchev–Trinajstić information content (AvgIpc) is 2.74. The van der Waals surface area contributed by atoms with Crippen molar-refractivity contribution in [3.05, 3.63) is 30.3 Å². The van der Waals surface area contributed by atoms with Crippen molar-refractivity contribution in [3.63, 3.8) is 0 Å². The van der Waals surface area contributed by atoms with Crippen molar-refractivity contribution in [2.24, 2.45) is 5.92 Å². The van der Waals surface area contributed by atoms with Crippen molar-refractivity contribution in [2.75, 3.05) is 26.2 Å². The van der Waals surface area contributed by atoms with Crippen LogP contribution in [0, 0.1) is 5.92 Å². The van der Waals surface area contributed by atoms with E-state index in [9.17, 15) is 18.0 Å². The first-order valence-corrected chi connectivity index (χ1v) is 11.5. The molecule has 0 bridgehead atoms. The predicted octanol–water partition coefficient (Wildman–Crippen LogP) is 1.60. The highest BCUT2D eigenvalue weighted by Gasteiger charge is 2.35. The van der Waals surface area contributed by atoms with Crippen LogP contribution < -0.4 is 5.32 Å². The first kappa shape index (κ1) is 20.8. The Kier molecular flexibility index (Phi) is 6.72. The second kappa shape index (κ2) is 9.05. The van der Waals surface area contributed by atoms with Gasteiger partial charge >= 0.3 is 0 Å². The Bertz CT molecular complexity index is 789. The number of nitrogens with one attached hydrogen (secondary N) is 1. The number of nitrogens with zero attached hydrogens (tertiary/aromatic N) is 2. The Morgan fingerprint density at radius 2 is 1.75 bits per heavy atom. The fourth-order valence-corrected chi connectivity index (χ4v) is 5.46. The normalized spacial score (nSPS) is 22.0. The summed E-state index contributed by atoms with van der Waals surface area (Å²) in [6.45, 7) is 3.79. The Morgan fingerprint density at radius 3 is 2.39 bits per heavy atom. The molecule has 0 aromatic heterocycles. The van der Waals surface area contributed by atoms with E-state index in [0.717, 1.165) is 12.8 Å². The molecule has 1 aromatic rings. The maximum absolute atomic E-state index is 12.9. The highest BCUT2D eigenvalue weighted by Crippen LogP contribution is 2.26. The van der Waals surface area contributed by atoms with Crippen LogP contribution in [0.15, 0.2) is 35.2 Å². The van der Waals surface area contributed by atoms with Gasteiger partial charge in [0, 0.05) is 44.6 Å². The number of piperidine rings is 2. The first-order chi connectivity index (χ1) is 13.4. The molecule has 0 spiro atoms. The standard InChI is InChI=1S/C20H29N3O4S/c1-2-19(24)21-17-7-6-12-22(15-17)20(25)16-10-13-23(14-11-16)28(26,27)18-8-4-3-5-9-18/h3-5,8-9,16-17H,2,6-7,10-15H2,1H3,(H,21,24). The maximum atomic E-state index is 12.9. The summed E-state index contributed by atoms with van der Waals surface area (Å²) >= 11 is 0. The molecule has 2 aliphatic heterocycles. The van der Waals surface area contributed by atoms with Crippen molar-refractivity contribution in [1.29, 1.82) is 0 Å². The Hall–Kier alpha value is -1.93. The second-order valence-electron chi connectivity index (χ2n) is 7.54. The number of rotatable bonds is 5. The van der Waals surface area contributed by atoms with Crippen LogP contribution in [-0.2, 0) is 19.6 Å². The van der Waals surface area contributed by atoms with Crippen molar-refractivity contribution >= 4 is 21.8 Å². The van der Waals surface area contributed by atoms with E-state index in [1.165, 1.54) is 4.31 Å². The van der Waals surface area contributed by atoms with E-state index in [1.54, 1.807) is 30.3 Å². The summed E-state index contributed by atoms with van der Waals surface area (Å²) in [6.07, 6.45) is 3.28. The maximum Gasteiger partial charge on any atom is 0.243 e. The third kappa shape index (κ3) is 4.72. The quantitative estimate of drug-likeness (QED) is 0.803. The number of hydrogen-bond donors (Lipinski definition) is 1.